The van der Waals surface area contributed by atoms with Gasteiger partial charge in [0.05, 0.1) is 12.1 Å². The third-order valence-electron chi connectivity index (χ3n) is 2.95. The highest BCUT2D eigenvalue weighted by Crippen LogP contribution is 2.10. The van der Waals surface area contributed by atoms with Gasteiger partial charge in [-0.1, -0.05) is 35.9 Å². The van der Waals surface area contributed by atoms with Crippen molar-refractivity contribution in [1.29, 1.82) is 0 Å². The first-order chi connectivity index (χ1) is 10.0. The van der Waals surface area contributed by atoms with Crippen molar-refractivity contribution in [2.24, 2.45) is 5.10 Å². The van der Waals surface area contributed by atoms with E-state index >= 15 is 0 Å². The molecule has 0 heterocycles. The van der Waals surface area contributed by atoms with E-state index in [0.717, 1.165) is 16.8 Å². The van der Waals surface area contributed by atoms with E-state index < -0.39 is 0 Å². The number of carbonyl (C=O) groups excluding carboxylic acids is 1. The Morgan fingerprint density at radius 2 is 1.76 bits per heavy atom. The van der Waals surface area contributed by atoms with Gasteiger partial charge < -0.3 is 5.73 Å². The van der Waals surface area contributed by atoms with Crippen molar-refractivity contribution in [1.82, 2.24) is 5.43 Å². The summed E-state index contributed by atoms with van der Waals surface area (Å²) in [6.07, 6.45) is 0.262. The van der Waals surface area contributed by atoms with Crippen LogP contribution in [-0.4, -0.2) is 11.6 Å². The normalized spacial score (nSPS) is 11.2. The number of anilines is 1. The largest absolute Gasteiger partial charge is 0.399 e. The minimum atomic E-state index is -0.173. The van der Waals surface area contributed by atoms with Gasteiger partial charge >= 0.3 is 0 Å². The molecule has 0 atom stereocenters. The van der Waals surface area contributed by atoms with E-state index in [2.05, 4.69) is 10.5 Å². The fourth-order valence-corrected chi connectivity index (χ4v) is 1.89. The Morgan fingerprint density at radius 3 is 2.38 bits per heavy atom. The molecule has 0 aliphatic heterocycles. The summed E-state index contributed by atoms with van der Waals surface area (Å²) in [5.41, 5.74) is 11.3. The van der Waals surface area contributed by atoms with Crippen molar-refractivity contribution >= 4 is 28.9 Å². The van der Waals surface area contributed by atoms with Crippen LogP contribution in [0.3, 0.4) is 0 Å². The van der Waals surface area contributed by atoms with Crippen LogP contribution in [0.4, 0.5) is 5.69 Å². The van der Waals surface area contributed by atoms with Crippen molar-refractivity contribution in [3.05, 3.63) is 64.7 Å². The SMILES string of the molecule is C/C(=N\NC(=O)Cc1ccc(N)cc1)c1ccc(Cl)cc1. The lowest BCUT2D eigenvalue weighted by Gasteiger charge is -2.04. The zero-order valence-electron chi connectivity index (χ0n) is 11.6. The number of nitrogens with one attached hydrogen (secondary N) is 1. The van der Waals surface area contributed by atoms with Crippen molar-refractivity contribution in [3.63, 3.8) is 0 Å². The van der Waals surface area contributed by atoms with Gasteiger partial charge in [-0.25, -0.2) is 5.43 Å². The van der Waals surface area contributed by atoms with Crippen LogP contribution in [-0.2, 0) is 11.2 Å². The Morgan fingerprint density at radius 1 is 1.14 bits per heavy atom. The molecule has 2 aromatic carbocycles. The Kier molecular flexibility index (Phi) is 4.95. The molecule has 0 saturated carbocycles. The van der Waals surface area contributed by atoms with E-state index in [1.165, 1.54) is 0 Å². The molecule has 5 heteroatoms. The van der Waals surface area contributed by atoms with Gasteiger partial charge in [0.2, 0.25) is 5.91 Å². The quantitative estimate of drug-likeness (QED) is 0.518. The number of nitrogens with two attached hydrogens (primary N) is 1. The molecule has 4 nitrogen and oxygen atoms in total. The third kappa shape index (κ3) is 4.61. The van der Waals surface area contributed by atoms with Crippen LogP contribution in [0.25, 0.3) is 0 Å². The molecule has 3 N–H and O–H groups in total. The number of amides is 1. The molecule has 0 aliphatic carbocycles. The number of benzene rings is 2. The summed E-state index contributed by atoms with van der Waals surface area (Å²) >= 11 is 5.83. The van der Waals surface area contributed by atoms with Gasteiger partial charge in [0.25, 0.3) is 0 Å². The van der Waals surface area contributed by atoms with Crippen LogP contribution >= 0.6 is 11.6 Å². The standard InChI is InChI=1S/C16H16ClN3O/c1-11(13-4-6-14(17)7-5-13)19-20-16(21)10-12-2-8-15(18)9-3-12/h2-9H,10,18H2,1H3,(H,20,21)/b19-11+. The second kappa shape index (κ2) is 6.90. The molecule has 0 spiro atoms. The van der Waals surface area contributed by atoms with E-state index in [1.807, 2.05) is 31.2 Å². The Hall–Kier alpha value is -2.33. The van der Waals surface area contributed by atoms with Gasteiger partial charge in [0, 0.05) is 10.7 Å². The summed E-state index contributed by atoms with van der Waals surface area (Å²) in [5.74, 6) is -0.173. The molecular weight excluding hydrogens is 286 g/mol. The van der Waals surface area contributed by atoms with E-state index in [1.54, 1.807) is 24.3 Å². The summed E-state index contributed by atoms with van der Waals surface area (Å²) in [7, 11) is 0. The Bertz CT molecular complexity index is 648. The van der Waals surface area contributed by atoms with E-state index in [0.29, 0.717) is 10.7 Å². The van der Waals surface area contributed by atoms with E-state index in [-0.39, 0.29) is 12.3 Å². The number of rotatable bonds is 4. The number of halogens is 1. The molecule has 0 aliphatic rings. The number of hydrogen-bond donors (Lipinski definition) is 2. The third-order valence-corrected chi connectivity index (χ3v) is 3.21. The number of hydrazone groups is 1. The molecular formula is C16H16ClN3O. The first-order valence-electron chi connectivity index (χ1n) is 6.48. The average molecular weight is 302 g/mol. The molecule has 2 rings (SSSR count). The van der Waals surface area contributed by atoms with Gasteiger partial charge in [-0.3, -0.25) is 4.79 Å². The molecule has 0 fully saturated rings. The van der Waals surface area contributed by atoms with Crippen LogP contribution < -0.4 is 11.2 Å². The van der Waals surface area contributed by atoms with Crippen LogP contribution in [0.15, 0.2) is 53.6 Å². The zero-order chi connectivity index (χ0) is 15.2. The van der Waals surface area contributed by atoms with E-state index in [4.69, 9.17) is 17.3 Å². The van der Waals surface area contributed by atoms with Gasteiger partial charge in [-0.15, -0.1) is 0 Å². The lowest BCUT2D eigenvalue weighted by molar-refractivity contribution is -0.120. The highest BCUT2D eigenvalue weighted by Gasteiger charge is 2.03. The fourth-order valence-electron chi connectivity index (χ4n) is 1.76. The zero-order valence-corrected chi connectivity index (χ0v) is 12.4. The number of carbonyl (C=O) groups is 1. The minimum Gasteiger partial charge on any atom is -0.399 e. The average Bonchev–Trinajstić information content (AvgIpc) is 2.48. The minimum absolute atomic E-state index is 0.173. The van der Waals surface area contributed by atoms with Gasteiger partial charge in [-0.2, -0.15) is 5.10 Å². The number of nitrogen functional groups attached to an aromatic ring is 1. The summed E-state index contributed by atoms with van der Waals surface area (Å²) in [6.45, 7) is 1.83. The number of nitrogens with zero attached hydrogens (tertiary/aromatic N) is 1. The highest BCUT2D eigenvalue weighted by atomic mass is 35.5. The van der Waals surface area contributed by atoms with E-state index in [9.17, 15) is 4.79 Å². The molecule has 1 amide bonds. The van der Waals surface area contributed by atoms with Gasteiger partial charge in [0.15, 0.2) is 0 Å². The lowest BCUT2D eigenvalue weighted by atomic mass is 10.1. The van der Waals surface area contributed by atoms with Gasteiger partial charge in [-0.05, 0) is 42.3 Å². The molecule has 21 heavy (non-hydrogen) atoms. The van der Waals surface area contributed by atoms with Gasteiger partial charge in [0.1, 0.15) is 0 Å². The first kappa shape index (κ1) is 15.1. The Balaban J connectivity index is 1.94. The highest BCUT2D eigenvalue weighted by molar-refractivity contribution is 6.30. The molecule has 0 radical (unpaired) electrons. The van der Waals surface area contributed by atoms with Crippen LogP contribution in [0.2, 0.25) is 5.02 Å². The smallest absolute Gasteiger partial charge is 0.244 e. The molecule has 108 valence electrons. The van der Waals surface area contributed by atoms with Crippen molar-refractivity contribution < 1.29 is 4.79 Å². The summed E-state index contributed by atoms with van der Waals surface area (Å²) in [5, 5.41) is 4.75. The fraction of sp³-hybridized carbons (Fsp3) is 0.125. The lowest BCUT2D eigenvalue weighted by Crippen LogP contribution is -2.21. The van der Waals surface area contributed by atoms with Crippen molar-refractivity contribution in [2.45, 2.75) is 13.3 Å². The van der Waals surface area contributed by atoms with Crippen molar-refractivity contribution in [2.75, 3.05) is 5.73 Å². The predicted octanol–water partition coefficient (Wildman–Crippen LogP) is 3.01. The van der Waals surface area contributed by atoms with Crippen LogP contribution in [0.5, 0.6) is 0 Å². The maximum atomic E-state index is 11.8. The summed E-state index contributed by atoms with van der Waals surface area (Å²) < 4.78 is 0. The summed E-state index contributed by atoms with van der Waals surface area (Å²) in [4.78, 5) is 11.8. The predicted molar refractivity (Wildman–Crippen MR) is 86.4 cm³/mol. The monoisotopic (exact) mass is 301 g/mol. The number of hydrogen-bond acceptors (Lipinski definition) is 3. The first-order valence-corrected chi connectivity index (χ1v) is 6.86. The second-order valence-corrected chi connectivity index (χ2v) is 5.09. The van der Waals surface area contributed by atoms with Crippen molar-refractivity contribution in [3.8, 4) is 0 Å². The topological polar surface area (TPSA) is 67.5 Å². The van der Waals surface area contributed by atoms with Crippen LogP contribution in [0, 0.1) is 0 Å². The molecule has 0 saturated heterocycles. The molecule has 2 aromatic rings. The maximum Gasteiger partial charge on any atom is 0.244 e. The summed E-state index contributed by atoms with van der Waals surface area (Å²) in [6, 6.07) is 14.5. The second-order valence-electron chi connectivity index (χ2n) is 4.66. The van der Waals surface area contributed by atoms with Crippen LogP contribution in [0.1, 0.15) is 18.1 Å². The Labute approximate surface area is 128 Å². The maximum absolute atomic E-state index is 11.8. The molecule has 0 bridgehead atoms. The molecule has 0 unspecified atom stereocenters. The molecule has 0 aromatic heterocycles.